The first-order valence-electron chi connectivity index (χ1n) is 14.8. The van der Waals surface area contributed by atoms with E-state index in [1.54, 1.807) is 6.07 Å². The second-order valence-electron chi connectivity index (χ2n) is 10.6. The monoisotopic (exact) mass is 716 g/mol. The molecule has 4 aromatic rings. The molecule has 0 radical (unpaired) electrons. The molecule has 2 heterocycles. The van der Waals surface area contributed by atoms with Crippen molar-refractivity contribution in [3.05, 3.63) is 134 Å². The molecule has 0 fully saturated rings. The van der Waals surface area contributed by atoms with Crippen molar-refractivity contribution < 1.29 is 28.9 Å². The Kier molecular flexibility index (Phi) is 12.8. The van der Waals surface area contributed by atoms with Gasteiger partial charge in [0.1, 0.15) is 30.5 Å². The average Bonchev–Trinajstić information content (AvgIpc) is 3.04. The zero-order valence-corrected chi connectivity index (χ0v) is 27.7. The lowest BCUT2D eigenvalue weighted by molar-refractivity contribution is -0.143. The molecule has 0 unspecified atom stereocenters. The highest BCUT2D eigenvalue weighted by atomic mass is 127. The van der Waals surface area contributed by atoms with Crippen molar-refractivity contribution in [3.63, 3.8) is 0 Å². The molecule has 232 valence electrons. The van der Waals surface area contributed by atoms with Gasteiger partial charge in [-0.15, -0.1) is 0 Å². The highest BCUT2D eigenvalue weighted by Crippen LogP contribution is 2.27. The van der Waals surface area contributed by atoms with Gasteiger partial charge in [-0.3, -0.25) is 9.59 Å². The molecule has 0 atom stereocenters. The highest BCUT2D eigenvalue weighted by Gasteiger charge is 2.08. The van der Waals surface area contributed by atoms with Gasteiger partial charge in [0.15, 0.2) is 0 Å². The van der Waals surface area contributed by atoms with Gasteiger partial charge >= 0.3 is 11.9 Å². The van der Waals surface area contributed by atoms with E-state index in [-0.39, 0.29) is 24.3 Å². The molecule has 0 saturated heterocycles. The van der Waals surface area contributed by atoms with Crippen LogP contribution in [0.1, 0.15) is 46.2 Å². The normalized spacial score (nSPS) is 13.4. The van der Waals surface area contributed by atoms with Crippen molar-refractivity contribution in [1.82, 2.24) is 0 Å². The number of phenolic OH excluding ortho intramolecular Hbond substituents is 1. The fourth-order valence-electron chi connectivity index (χ4n) is 4.36. The van der Waals surface area contributed by atoms with Gasteiger partial charge in [-0.1, -0.05) is 60.7 Å². The van der Waals surface area contributed by atoms with Crippen LogP contribution in [0.5, 0.6) is 17.2 Å². The average molecular weight is 717 g/mol. The molecule has 6 nitrogen and oxygen atoms in total. The number of hydrogen-bond donors (Lipinski definition) is 1. The van der Waals surface area contributed by atoms with Crippen LogP contribution in [0, 0.1) is 17.4 Å². The zero-order valence-electron chi connectivity index (χ0n) is 25.5. The minimum Gasteiger partial charge on any atom is -0.508 e. The molecule has 0 amide bonds. The summed E-state index contributed by atoms with van der Waals surface area (Å²) in [5.41, 5.74) is 6.02. The van der Waals surface area contributed by atoms with Crippen LogP contribution in [0.3, 0.4) is 0 Å². The Balaban J connectivity index is 0.000000205. The molecule has 0 spiro atoms. The summed E-state index contributed by atoms with van der Waals surface area (Å²) in [5.74, 6) is 1.47. The molecule has 0 aromatic heterocycles. The number of ether oxygens (including phenoxy) is 3. The summed E-state index contributed by atoms with van der Waals surface area (Å²) in [5, 5.41) is 9.64. The maximum absolute atomic E-state index is 11.7. The minimum absolute atomic E-state index is 0.183. The molecule has 7 heteroatoms. The van der Waals surface area contributed by atoms with E-state index < -0.39 is 0 Å². The third-order valence-corrected chi connectivity index (χ3v) is 7.76. The first-order chi connectivity index (χ1) is 21.7. The summed E-state index contributed by atoms with van der Waals surface area (Å²) in [4.78, 5) is 23.4. The Bertz CT molecular complexity index is 1640. The molecule has 45 heavy (non-hydrogen) atoms. The zero-order chi connectivity index (χ0) is 32.0. The topological polar surface area (TPSA) is 82.1 Å². The maximum atomic E-state index is 11.7. The molecule has 6 rings (SSSR count). The molecule has 0 saturated carbocycles. The maximum Gasteiger partial charge on any atom is 0.306 e. The standard InChI is InChI=1S/C19H19IO3.C19H18O3/c1-14-4-5-16(13-18(14)21)8-11-19(22)23-12-2-3-15-6-9-17(20)10-7-15;1-14-4-5-16-8-11-19(20)21-12-2-3-15-6-9-17(10-7-15)22-18(14)13-16/h2-7,9-10,13,21H,8,11-12H2,1H3;2-7,9-10,13H,8,11-12H2,1H3/b2*3-2-. The van der Waals surface area contributed by atoms with Crippen molar-refractivity contribution in [3.8, 4) is 17.2 Å². The largest absolute Gasteiger partial charge is 0.508 e. The van der Waals surface area contributed by atoms with Crippen LogP contribution in [0.25, 0.3) is 12.2 Å². The third-order valence-electron chi connectivity index (χ3n) is 7.04. The van der Waals surface area contributed by atoms with Crippen LogP contribution in [-0.4, -0.2) is 30.3 Å². The number of aromatic hydroxyl groups is 1. The van der Waals surface area contributed by atoms with Gasteiger partial charge in [0.25, 0.3) is 0 Å². The number of carbonyl (C=O) groups excluding carboxylic acids is 2. The van der Waals surface area contributed by atoms with Crippen molar-refractivity contribution in [1.29, 1.82) is 0 Å². The van der Waals surface area contributed by atoms with E-state index in [4.69, 9.17) is 14.2 Å². The summed E-state index contributed by atoms with van der Waals surface area (Å²) in [7, 11) is 0. The smallest absolute Gasteiger partial charge is 0.306 e. The van der Waals surface area contributed by atoms with E-state index in [2.05, 4.69) is 22.6 Å². The Morgan fingerprint density at radius 3 is 2.44 bits per heavy atom. The Morgan fingerprint density at radius 2 is 1.69 bits per heavy atom. The van der Waals surface area contributed by atoms with E-state index >= 15 is 0 Å². The van der Waals surface area contributed by atoms with Crippen molar-refractivity contribution in [2.45, 2.75) is 39.5 Å². The lowest BCUT2D eigenvalue weighted by Crippen LogP contribution is -2.05. The SMILES string of the molecule is Cc1ccc(CCC(=O)OC/C=C\c2ccc(I)cc2)cc1O.Cc1ccc2cc1Oc1ccc(cc1)/C=C\COC(=O)CC2. The van der Waals surface area contributed by atoms with E-state index in [0.29, 0.717) is 32.3 Å². The van der Waals surface area contributed by atoms with Crippen LogP contribution < -0.4 is 4.74 Å². The van der Waals surface area contributed by atoms with Crippen molar-refractivity contribution in [2.24, 2.45) is 0 Å². The van der Waals surface area contributed by atoms with Gasteiger partial charge in [-0.25, -0.2) is 0 Å². The number of benzene rings is 4. The first kappa shape index (κ1) is 33.5. The van der Waals surface area contributed by atoms with E-state index in [1.165, 1.54) is 3.57 Å². The highest BCUT2D eigenvalue weighted by molar-refractivity contribution is 14.1. The molecule has 2 aliphatic heterocycles. The lowest BCUT2D eigenvalue weighted by Gasteiger charge is -2.11. The fraction of sp³-hybridized carbons (Fsp3) is 0.211. The van der Waals surface area contributed by atoms with Gasteiger partial charge in [0, 0.05) is 16.4 Å². The van der Waals surface area contributed by atoms with Crippen LogP contribution in [0.15, 0.2) is 97.1 Å². The predicted molar refractivity (Wildman–Crippen MR) is 186 cm³/mol. The minimum atomic E-state index is -0.239. The van der Waals surface area contributed by atoms with E-state index in [0.717, 1.165) is 44.9 Å². The van der Waals surface area contributed by atoms with Crippen LogP contribution in [-0.2, 0) is 31.9 Å². The second-order valence-corrected chi connectivity index (χ2v) is 11.9. The predicted octanol–water partition coefficient (Wildman–Crippen LogP) is 8.78. The number of hydrogen-bond acceptors (Lipinski definition) is 6. The van der Waals surface area contributed by atoms with Gasteiger partial charge in [0.2, 0.25) is 0 Å². The van der Waals surface area contributed by atoms with Gasteiger partial charge in [-0.2, -0.15) is 0 Å². The molecule has 2 aliphatic rings. The van der Waals surface area contributed by atoms with E-state index in [9.17, 15) is 14.7 Å². The number of carbonyl (C=O) groups is 2. The number of fused-ring (bicyclic) bond motifs is 7. The van der Waals surface area contributed by atoms with Crippen molar-refractivity contribution >= 4 is 46.7 Å². The molecular weight excluding hydrogens is 679 g/mol. The Hall–Kier alpha value is -4.37. The molecule has 1 N–H and O–H groups in total. The number of rotatable bonds is 6. The molecule has 4 aromatic carbocycles. The fourth-order valence-corrected chi connectivity index (χ4v) is 4.72. The number of halogens is 1. The summed E-state index contributed by atoms with van der Waals surface area (Å²) < 4.78 is 17.5. The van der Waals surface area contributed by atoms with Gasteiger partial charge in [-0.05, 0) is 131 Å². The number of aryl methyl sites for hydroxylation is 4. The molecular formula is C38H37IO6. The first-order valence-corrected chi connectivity index (χ1v) is 15.9. The molecule has 0 aliphatic carbocycles. The summed E-state index contributed by atoms with van der Waals surface area (Å²) in [6.07, 6.45) is 9.43. The second kappa shape index (κ2) is 17.2. The third kappa shape index (κ3) is 11.6. The molecule has 4 bridgehead atoms. The van der Waals surface area contributed by atoms with E-state index in [1.807, 2.05) is 117 Å². The summed E-state index contributed by atoms with van der Waals surface area (Å²) in [6.45, 7) is 4.42. The summed E-state index contributed by atoms with van der Waals surface area (Å²) >= 11 is 2.26. The van der Waals surface area contributed by atoms with Gasteiger partial charge in [0.05, 0.1) is 0 Å². The van der Waals surface area contributed by atoms with Crippen LogP contribution in [0.4, 0.5) is 0 Å². The lowest BCUT2D eigenvalue weighted by atomic mass is 10.1. The number of phenols is 1. The summed E-state index contributed by atoms with van der Waals surface area (Å²) in [6, 6.07) is 27.4. The Labute approximate surface area is 278 Å². The number of esters is 2. The Morgan fingerprint density at radius 1 is 0.933 bits per heavy atom. The quantitative estimate of drug-likeness (QED) is 0.159. The van der Waals surface area contributed by atoms with Crippen molar-refractivity contribution in [2.75, 3.05) is 13.2 Å². The van der Waals surface area contributed by atoms with Crippen LogP contribution in [0.2, 0.25) is 0 Å². The van der Waals surface area contributed by atoms with Gasteiger partial charge < -0.3 is 19.3 Å². The van der Waals surface area contributed by atoms with Crippen LogP contribution >= 0.6 is 22.6 Å².